The molecule has 2 unspecified atom stereocenters. The van der Waals surface area contributed by atoms with Crippen LogP contribution in [0.3, 0.4) is 0 Å². The van der Waals surface area contributed by atoms with Crippen LogP contribution in [0.25, 0.3) is 0 Å². The molecule has 4 rings (SSSR count). The summed E-state index contributed by atoms with van der Waals surface area (Å²) in [5.41, 5.74) is 1.79. The van der Waals surface area contributed by atoms with Gasteiger partial charge in [0.15, 0.2) is 0 Å². The zero-order chi connectivity index (χ0) is 20.2. The largest absolute Gasteiger partial charge is 0.492 e. The van der Waals surface area contributed by atoms with Gasteiger partial charge in [-0.3, -0.25) is 9.69 Å². The summed E-state index contributed by atoms with van der Waals surface area (Å²) < 4.78 is 25.0. The second kappa shape index (κ2) is 9.11. The molecule has 2 aliphatic heterocycles. The van der Waals surface area contributed by atoms with E-state index < -0.39 is 0 Å². The van der Waals surface area contributed by atoms with Crippen molar-refractivity contribution >= 4 is 17.5 Å². The van der Waals surface area contributed by atoms with Crippen molar-refractivity contribution in [2.75, 3.05) is 39.5 Å². The summed E-state index contributed by atoms with van der Waals surface area (Å²) in [5.74, 6) is 0.162. The van der Waals surface area contributed by atoms with Gasteiger partial charge in [-0.25, -0.2) is 4.39 Å². The van der Waals surface area contributed by atoms with Crippen molar-refractivity contribution in [3.05, 3.63) is 64.4 Å². The number of carbonyl (C=O) groups excluding carboxylic acids is 1. The van der Waals surface area contributed by atoms with Crippen LogP contribution < -0.4 is 10.1 Å². The van der Waals surface area contributed by atoms with Gasteiger partial charge in [0, 0.05) is 24.7 Å². The SMILES string of the molecule is O=C(NCC(c1cccc(F)c1)N1CCOCC1)C1COc2ccc(Cl)cc2C1. The first-order chi connectivity index (χ1) is 14.1. The van der Waals surface area contributed by atoms with Gasteiger partial charge in [-0.15, -0.1) is 0 Å². The van der Waals surface area contributed by atoms with Crippen molar-refractivity contribution in [1.29, 1.82) is 0 Å². The second-order valence-electron chi connectivity index (χ2n) is 7.43. The maximum atomic E-state index is 13.8. The Morgan fingerprint density at radius 3 is 2.86 bits per heavy atom. The van der Waals surface area contributed by atoms with E-state index in [1.54, 1.807) is 12.1 Å². The molecular formula is C22H24ClFN2O3. The molecule has 0 aromatic heterocycles. The van der Waals surface area contributed by atoms with Crippen LogP contribution in [-0.4, -0.2) is 50.3 Å². The fourth-order valence-corrected chi connectivity index (χ4v) is 4.13. The highest BCUT2D eigenvalue weighted by Crippen LogP contribution is 2.30. The number of morpholine rings is 1. The Bertz CT molecular complexity index is 873. The van der Waals surface area contributed by atoms with Crippen molar-refractivity contribution in [2.45, 2.75) is 12.5 Å². The first-order valence-corrected chi connectivity index (χ1v) is 10.2. The van der Waals surface area contributed by atoms with Gasteiger partial charge >= 0.3 is 0 Å². The van der Waals surface area contributed by atoms with Gasteiger partial charge in [-0.2, -0.15) is 0 Å². The summed E-state index contributed by atoms with van der Waals surface area (Å²) in [7, 11) is 0. The minimum absolute atomic E-state index is 0.0645. The molecule has 1 fully saturated rings. The third kappa shape index (κ3) is 4.89. The minimum atomic E-state index is -0.279. The molecule has 5 nitrogen and oxygen atoms in total. The summed E-state index contributed by atoms with van der Waals surface area (Å²) in [6.07, 6.45) is 0.587. The number of carbonyl (C=O) groups is 1. The summed E-state index contributed by atoms with van der Waals surface area (Å²) >= 11 is 6.07. The molecule has 1 saturated heterocycles. The van der Waals surface area contributed by atoms with Crippen molar-refractivity contribution in [2.24, 2.45) is 5.92 Å². The van der Waals surface area contributed by atoms with Gasteiger partial charge in [0.05, 0.1) is 25.2 Å². The van der Waals surface area contributed by atoms with Gasteiger partial charge in [0.1, 0.15) is 18.2 Å². The summed E-state index contributed by atoms with van der Waals surface area (Å²) in [6.45, 7) is 3.50. The number of nitrogens with zero attached hydrogens (tertiary/aromatic N) is 1. The number of ether oxygens (including phenoxy) is 2. The Kier molecular flexibility index (Phi) is 6.33. The quantitative estimate of drug-likeness (QED) is 0.810. The van der Waals surface area contributed by atoms with Gasteiger partial charge < -0.3 is 14.8 Å². The molecule has 29 heavy (non-hydrogen) atoms. The predicted octanol–water partition coefficient (Wildman–Crippen LogP) is 3.22. The van der Waals surface area contributed by atoms with Gasteiger partial charge in [-0.05, 0) is 47.9 Å². The molecule has 1 N–H and O–H groups in total. The van der Waals surface area contributed by atoms with Crippen molar-refractivity contribution < 1.29 is 18.7 Å². The number of fused-ring (bicyclic) bond motifs is 1. The number of hydrogen-bond acceptors (Lipinski definition) is 4. The Morgan fingerprint density at radius 2 is 2.07 bits per heavy atom. The smallest absolute Gasteiger partial charge is 0.226 e. The molecule has 1 amide bonds. The second-order valence-corrected chi connectivity index (χ2v) is 7.86. The number of hydrogen-bond donors (Lipinski definition) is 1. The number of halogens is 2. The normalized spacial score (nSPS) is 20.4. The predicted molar refractivity (Wildman–Crippen MR) is 109 cm³/mol. The van der Waals surface area contributed by atoms with Crippen LogP contribution in [0.4, 0.5) is 4.39 Å². The van der Waals surface area contributed by atoms with E-state index >= 15 is 0 Å². The Balaban J connectivity index is 1.43. The van der Waals surface area contributed by atoms with E-state index in [1.807, 2.05) is 18.2 Å². The lowest BCUT2D eigenvalue weighted by molar-refractivity contribution is -0.126. The molecule has 0 aliphatic carbocycles. The molecule has 0 radical (unpaired) electrons. The fraction of sp³-hybridized carbons (Fsp3) is 0.409. The van der Waals surface area contributed by atoms with E-state index in [9.17, 15) is 9.18 Å². The van der Waals surface area contributed by atoms with E-state index in [0.29, 0.717) is 37.8 Å². The van der Waals surface area contributed by atoms with E-state index in [4.69, 9.17) is 21.1 Å². The fourth-order valence-electron chi connectivity index (χ4n) is 3.93. The van der Waals surface area contributed by atoms with E-state index in [-0.39, 0.29) is 23.7 Å². The van der Waals surface area contributed by atoms with Crippen molar-refractivity contribution in [3.8, 4) is 5.75 Å². The third-order valence-electron chi connectivity index (χ3n) is 5.49. The molecule has 154 valence electrons. The monoisotopic (exact) mass is 418 g/mol. The van der Waals surface area contributed by atoms with Crippen LogP contribution in [-0.2, 0) is 16.0 Å². The van der Waals surface area contributed by atoms with Gasteiger partial charge in [0.25, 0.3) is 0 Å². The molecule has 2 atom stereocenters. The van der Waals surface area contributed by atoms with Crippen LogP contribution in [0.15, 0.2) is 42.5 Å². The lowest BCUT2D eigenvalue weighted by Gasteiger charge is -2.35. The lowest BCUT2D eigenvalue weighted by Crippen LogP contribution is -2.45. The molecule has 0 bridgehead atoms. The van der Waals surface area contributed by atoms with Gasteiger partial charge in [0.2, 0.25) is 5.91 Å². The van der Waals surface area contributed by atoms with E-state index in [2.05, 4.69) is 10.2 Å². The molecule has 2 aliphatic rings. The van der Waals surface area contributed by atoms with Crippen LogP contribution >= 0.6 is 11.6 Å². The molecule has 0 spiro atoms. The van der Waals surface area contributed by atoms with Crippen molar-refractivity contribution in [3.63, 3.8) is 0 Å². The topological polar surface area (TPSA) is 50.8 Å². The highest BCUT2D eigenvalue weighted by atomic mass is 35.5. The van der Waals surface area contributed by atoms with E-state index in [0.717, 1.165) is 30.0 Å². The number of rotatable bonds is 5. The number of benzene rings is 2. The third-order valence-corrected chi connectivity index (χ3v) is 5.72. The van der Waals surface area contributed by atoms with Crippen LogP contribution in [0.2, 0.25) is 5.02 Å². The van der Waals surface area contributed by atoms with Crippen LogP contribution in [0.1, 0.15) is 17.2 Å². The number of nitrogens with one attached hydrogen (secondary N) is 1. The van der Waals surface area contributed by atoms with Gasteiger partial charge in [-0.1, -0.05) is 23.7 Å². The minimum Gasteiger partial charge on any atom is -0.492 e. The Hall–Kier alpha value is -2.15. The average molecular weight is 419 g/mol. The molecule has 2 aromatic rings. The highest BCUT2D eigenvalue weighted by molar-refractivity contribution is 6.30. The lowest BCUT2D eigenvalue weighted by atomic mass is 9.95. The average Bonchev–Trinajstić information content (AvgIpc) is 2.74. The first-order valence-electron chi connectivity index (χ1n) is 9.86. The first kappa shape index (κ1) is 20.1. The van der Waals surface area contributed by atoms with Crippen LogP contribution in [0.5, 0.6) is 5.75 Å². The number of amides is 1. The molecule has 0 saturated carbocycles. The van der Waals surface area contributed by atoms with E-state index in [1.165, 1.54) is 12.1 Å². The Labute approximate surface area is 174 Å². The zero-order valence-corrected chi connectivity index (χ0v) is 16.8. The summed E-state index contributed by atoms with van der Waals surface area (Å²) in [4.78, 5) is 15.1. The zero-order valence-electron chi connectivity index (χ0n) is 16.1. The molecule has 2 aromatic carbocycles. The molecule has 7 heteroatoms. The maximum Gasteiger partial charge on any atom is 0.226 e. The summed E-state index contributed by atoms with van der Waals surface area (Å²) in [5, 5.41) is 3.69. The Morgan fingerprint density at radius 1 is 1.24 bits per heavy atom. The van der Waals surface area contributed by atoms with Crippen LogP contribution in [0, 0.1) is 11.7 Å². The summed E-state index contributed by atoms with van der Waals surface area (Å²) in [6, 6.07) is 11.9. The standard InChI is InChI=1S/C22H24ClFN2O3/c23-18-4-5-21-16(11-18)10-17(14-29-21)22(27)25-13-20(26-6-8-28-9-7-26)15-2-1-3-19(24)12-15/h1-5,11-12,17,20H,6-10,13-14H2,(H,25,27). The highest BCUT2D eigenvalue weighted by Gasteiger charge is 2.28. The maximum absolute atomic E-state index is 13.8. The molecule has 2 heterocycles. The van der Waals surface area contributed by atoms with Crippen molar-refractivity contribution in [1.82, 2.24) is 10.2 Å². The molecular weight excluding hydrogens is 395 g/mol.